The molecule has 4 aromatic rings. The van der Waals surface area contributed by atoms with Crippen molar-refractivity contribution in [3.05, 3.63) is 62.7 Å². The maximum Gasteiger partial charge on any atom is 0.270 e. The molecule has 11 heteroatoms. The number of nitrogens with one attached hydrogen (secondary N) is 1. The van der Waals surface area contributed by atoms with Crippen molar-refractivity contribution in [3.63, 3.8) is 0 Å². The molecule has 1 aromatic carbocycles. The quantitative estimate of drug-likeness (QED) is 0.271. The first-order valence-electron chi connectivity index (χ1n) is 10.2. The molecule has 1 atom stereocenters. The second-order valence-electron chi connectivity index (χ2n) is 7.64. The average Bonchev–Trinajstić information content (AvgIpc) is 3.52. The molecule has 0 aliphatic heterocycles. The summed E-state index contributed by atoms with van der Waals surface area (Å²) in [4.78, 5) is 16.9. The molecule has 0 saturated carbocycles. The van der Waals surface area contributed by atoms with Crippen LogP contribution in [0.25, 0.3) is 17.3 Å². The summed E-state index contributed by atoms with van der Waals surface area (Å²) in [6, 6.07) is 8.90. The lowest BCUT2D eigenvalue weighted by molar-refractivity contribution is 0.0926. The van der Waals surface area contributed by atoms with Gasteiger partial charge in [0.1, 0.15) is 10.7 Å². The molecule has 0 radical (unpaired) electrons. The first-order chi connectivity index (χ1) is 15.8. The number of carbonyl (C=O) groups is 1. The number of furan rings is 1. The van der Waals surface area contributed by atoms with Gasteiger partial charge in [-0.2, -0.15) is 0 Å². The van der Waals surface area contributed by atoms with Crippen molar-refractivity contribution >= 4 is 52.2 Å². The number of nitrogens with zero attached hydrogens (tertiary/aromatic N) is 4. The van der Waals surface area contributed by atoms with E-state index in [0.717, 1.165) is 5.01 Å². The Kier molecular flexibility index (Phi) is 7.43. The van der Waals surface area contributed by atoms with E-state index in [9.17, 15) is 4.79 Å². The van der Waals surface area contributed by atoms with Gasteiger partial charge in [-0.05, 0) is 43.2 Å². The third-order valence-corrected chi connectivity index (χ3v) is 7.50. The van der Waals surface area contributed by atoms with Crippen molar-refractivity contribution in [1.82, 2.24) is 25.1 Å². The normalized spacial score (nSPS) is 12.3. The van der Waals surface area contributed by atoms with E-state index in [-0.39, 0.29) is 11.9 Å². The number of aromatic nitrogens is 4. The van der Waals surface area contributed by atoms with Gasteiger partial charge in [-0.1, -0.05) is 48.8 Å². The van der Waals surface area contributed by atoms with Crippen LogP contribution < -0.4 is 5.32 Å². The van der Waals surface area contributed by atoms with E-state index in [1.54, 1.807) is 29.8 Å². The van der Waals surface area contributed by atoms with Crippen LogP contribution in [0.4, 0.5) is 0 Å². The highest BCUT2D eigenvalue weighted by atomic mass is 35.5. The van der Waals surface area contributed by atoms with Crippen molar-refractivity contribution in [2.24, 2.45) is 5.92 Å². The minimum absolute atomic E-state index is 0.0692. The van der Waals surface area contributed by atoms with Crippen LogP contribution in [0, 0.1) is 5.92 Å². The molecule has 0 saturated heterocycles. The Balaban J connectivity index is 1.57. The zero-order valence-corrected chi connectivity index (χ0v) is 21.2. The van der Waals surface area contributed by atoms with Gasteiger partial charge >= 0.3 is 0 Å². The SMILES string of the molecule is CC(C)C(C)NC(=O)c1csc(CSc2nnc(-c3ccco3)n2-c2ccc(Cl)cc2Cl)n1. The minimum Gasteiger partial charge on any atom is -0.461 e. The van der Waals surface area contributed by atoms with Crippen molar-refractivity contribution < 1.29 is 9.21 Å². The van der Waals surface area contributed by atoms with E-state index < -0.39 is 0 Å². The molecule has 1 N–H and O–H groups in total. The molecule has 1 unspecified atom stereocenters. The number of carbonyl (C=O) groups excluding carboxylic acids is 1. The second kappa shape index (κ2) is 10.3. The van der Waals surface area contributed by atoms with Crippen LogP contribution in [0.1, 0.15) is 36.3 Å². The van der Waals surface area contributed by atoms with Gasteiger partial charge in [-0.3, -0.25) is 9.36 Å². The number of amides is 1. The van der Waals surface area contributed by atoms with Crippen LogP contribution >= 0.6 is 46.3 Å². The Hall–Kier alpha value is -2.33. The summed E-state index contributed by atoms with van der Waals surface area (Å²) in [5, 5.41) is 15.8. The molecule has 172 valence electrons. The standard InChI is InChI=1S/C22H21Cl2N5O2S2/c1-12(2)13(3)25-21(30)16-10-32-19(26-16)11-33-22-28-27-20(18-5-4-8-31-18)29(22)17-7-6-14(23)9-15(17)24/h4-10,12-13H,11H2,1-3H3,(H,25,30). The summed E-state index contributed by atoms with van der Waals surface area (Å²) < 4.78 is 7.37. The lowest BCUT2D eigenvalue weighted by Crippen LogP contribution is -2.36. The highest BCUT2D eigenvalue weighted by Crippen LogP contribution is 2.34. The van der Waals surface area contributed by atoms with Crippen molar-refractivity contribution in [1.29, 1.82) is 0 Å². The molecular formula is C22H21Cl2N5O2S2. The van der Waals surface area contributed by atoms with Gasteiger partial charge in [0.25, 0.3) is 5.91 Å². The number of hydrogen-bond acceptors (Lipinski definition) is 7. The molecule has 3 aromatic heterocycles. The smallest absolute Gasteiger partial charge is 0.270 e. The van der Waals surface area contributed by atoms with Gasteiger partial charge in [0.15, 0.2) is 10.9 Å². The Labute approximate surface area is 209 Å². The van der Waals surface area contributed by atoms with E-state index in [0.29, 0.717) is 49.8 Å². The van der Waals surface area contributed by atoms with Crippen LogP contribution in [0.15, 0.2) is 51.5 Å². The fraction of sp³-hybridized carbons (Fsp3) is 0.273. The fourth-order valence-corrected chi connectivity index (χ4v) is 5.09. The maximum atomic E-state index is 12.4. The summed E-state index contributed by atoms with van der Waals surface area (Å²) >= 11 is 15.5. The second-order valence-corrected chi connectivity index (χ2v) is 10.4. The number of thioether (sulfide) groups is 1. The molecule has 1 amide bonds. The number of hydrogen-bond donors (Lipinski definition) is 1. The van der Waals surface area contributed by atoms with Crippen LogP contribution in [-0.4, -0.2) is 31.7 Å². The Bertz CT molecular complexity index is 1250. The van der Waals surface area contributed by atoms with E-state index in [2.05, 4.69) is 34.3 Å². The number of benzene rings is 1. The Morgan fingerprint density at radius 1 is 1.24 bits per heavy atom. The van der Waals surface area contributed by atoms with Gasteiger partial charge in [-0.25, -0.2) is 4.98 Å². The summed E-state index contributed by atoms with van der Waals surface area (Å²) in [7, 11) is 0. The molecular weight excluding hydrogens is 501 g/mol. The van der Waals surface area contributed by atoms with E-state index in [4.69, 9.17) is 27.6 Å². The summed E-state index contributed by atoms with van der Waals surface area (Å²) in [5.41, 5.74) is 1.10. The predicted molar refractivity (Wildman–Crippen MR) is 133 cm³/mol. The minimum atomic E-state index is -0.167. The maximum absolute atomic E-state index is 12.4. The van der Waals surface area contributed by atoms with Gasteiger partial charge in [-0.15, -0.1) is 21.5 Å². The number of thiazole rings is 1. The van der Waals surface area contributed by atoms with Gasteiger partial charge in [0.05, 0.1) is 22.7 Å². The molecule has 0 fully saturated rings. The topological polar surface area (TPSA) is 85.8 Å². The zero-order valence-electron chi connectivity index (χ0n) is 18.1. The molecule has 3 heterocycles. The van der Waals surface area contributed by atoms with Gasteiger partial charge in [0.2, 0.25) is 5.82 Å². The zero-order chi connectivity index (χ0) is 23.5. The molecule has 0 spiro atoms. The lowest BCUT2D eigenvalue weighted by Gasteiger charge is -2.16. The van der Waals surface area contributed by atoms with E-state index >= 15 is 0 Å². The Morgan fingerprint density at radius 2 is 2.06 bits per heavy atom. The van der Waals surface area contributed by atoms with Crippen LogP contribution in [0.5, 0.6) is 0 Å². The summed E-state index contributed by atoms with van der Waals surface area (Å²) in [6.07, 6.45) is 1.58. The van der Waals surface area contributed by atoms with Gasteiger partial charge < -0.3 is 9.73 Å². The number of rotatable bonds is 8. The Morgan fingerprint density at radius 3 is 2.76 bits per heavy atom. The molecule has 0 aliphatic rings. The summed E-state index contributed by atoms with van der Waals surface area (Å²) in [6.45, 7) is 6.11. The predicted octanol–water partition coefficient (Wildman–Crippen LogP) is 6.36. The van der Waals surface area contributed by atoms with E-state index in [1.807, 2.05) is 23.6 Å². The number of halogens is 2. The largest absolute Gasteiger partial charge is 0.461 e. The van der Waals surface area contributed by atoms with Crippen LogP contribution in [0.2, 0.25) is 10.0 Å². The first-order valence-corrected chi connectivity index (χ1v) is 12.8. The molecule has 0 bridgehead atoms. The van der Waals surface area contributed by atoms with E-state index in [1.165, 1.54) is 23.1 Å². The average molecular weight is 522 g/mol. The third kappa shape index (κ3) is 5.43. The molecule has 33 heavy (non-hydrogen) atoms. The molecule has 7 nitrogen and oxygen atoms in total. The van der Waals surface area contributed by atoms with Crippen LogP contribution in [-0.2, 0) is 5.75 Å². The summed E-state index contributed by atoms with van der Waals surface area (Å²) in [5.74, 6) is 1.78. The van der Waals surface area contributed by atoms with Crippen LogP contribution in [0.3, 0.4) is 0 Å². The van der Waals surface area contributed by atoms with Gasteiger partial charge in [0, 0.05) is 16.4 Å². The first kappa shape index (κ1) is 23.8. The highest BCUT2D eigenvalue weighted by molar-refractivity contribution is 7.98. The van der Waals surface area contributed by atoms with Crippen molar-refractivity contribution in [2.45, 2.75) is 37.7 Å². The molecule has 4 rings (SSSR count). The third-order valence-electron chi connectivity index (χ3n) is 4.99. The highest BCUT2D eigenvalue weighted by Gasteiger charge is 2.21. The fourth-order valence-electron chi connectivity index (χ4n) is 2.86. The van der Waals surface area contributed by atoms with Crippen molar-refractivity contribution in [2.75, 3.05) is 0 Å². The van der Waals surface area contributed by atoms with Crippen molar-refractivity contribution in [3.8, 4) is 17.3 Å². The monoisotopic (exact) mass is 521 g/mol. The lowest BCUT2D eigenvalue weighted by atomic mass is 10.1. The molecule has 0 aliphatic carbocycles.